The number of methoxy groups -OCH3 is 1. The van der Waals surface area contributed by atoms with Gasteiger partial charge < -0.3 is 14.5 Å². The van der Waals surface area contributed by atoms with Crippen molar-refractivity contribution in [3.8, 4) is 5.75 Å². The highest BCUT2D eigenvalue weighted by Crippen LogP contribution is 2.32. The number of para-hydroxylation sites is 1. The summed E-state index contributed by atoms with van der Waals surface area (Å²) in [4.78, 5) is 17.8. The Hall–Kier alpha value is -2.49. The standard InChI is InChI=1S/C23H28N2O2/c1-27-20-13-11-18(12-14-20)17-24-15-16-25(19-7-3-2-4-8-19)22-10-6-5-9-21(22)23(24)26/h5-6,9-14,19H,2-4,7-8,15-17H2,1H3. The lowest BCUT2D eigenvalue weighted by atomic mass is 9.93. The second-order valence-electron chi connectivity index (χ2n) is 7.58. The van der Waals surface area contributed by atoms with Gasteiger partial charge >= 0.3 is 0 Å². The summed E-state index contributed by atoms with van der Waals surface area (Å²) < 4.78 is 5.24. The lowest BCUT2D eigenvalue weighted by Crippen LogP contribution is -2.40. The molecule has 2 aliphatic rings. The van der Waals surface area contributed by atoms with E-state index in [1.807, 2.05) is 41.3 Å². The van der Waals surface area contributed by atoms with Gasteiger partial charge in [0.15, 0.2) is 0 Å². The fourth-order valence-electron chi connectivity index (χ4n) is 4.40. The Balaban J connectivity index is 1.58. The van der Waals surface area contributed by atoms with Crippen molar-refractivity contribution >= 4 is 11.6 Å². The van der Waals surface area contributed by atoms with Crippen LogP contribution >= 0.6 is 0 Å². The van der Waals surface area contributed by atoms with Crippen LogP contribution in [0.15, 0.2) is 48.5 Å². The lowest BCUT2D eigenvalue weighted by Gasteiger charge is -2.36. The van der Waals surface area contributed by atoms with Crippen molar-refractivity contribution in [2.75, 3.05) is 25.1 Å². The van der Waals surface area contributed by atoms with Gasteiger partial charge in [0.05, 0.1) is 12.7 Å². The third-order valence-electron chi connectivity index (χ3n) is 5.89. The van der Waals surface area contributed by atoms with Crippen LogP contribution < -0.4 is 9.64 Å². The Bertz CT molecular complexity index is 781. The van der Waals surface area contributed by atoms with Crippen molar-refractivity contribution in [3.05, 3.63) is 59.7 Å². The zero-order valence-corrected chi connectivity index (χ0v) is 16.1. The highest BCUT2D eigenvalue weighted by atomic mass is 16.5. The maximum atomic E-state index is 13.3. The minimum Gasteiger partial charge on any atom is -0.497 e. The maximum Gasteiger partial charge on any atom is 0.256 e. The molecule has 0 N–H and O–H groups in total. The average molecular weight is 364 g/mol. The number of ether oxygens (including phenoxy) is 1. The number of rotatable bonds is 4. The van der Waals surface area contributed by atoms with E-state index in [4.69, 9.17) is 4.74 Å². The maximum absolute atomic E-state index is 13.3. The van der Waals surface area contributed by atoms with Gasteiger partial charge in [-0.05, 0) is 42.7 Å². The Kier molecular flexibility index (Phi) is 5.33. The number of carbonyl (C=O) groups is 1. The molecule has 0 aromatic heterocycles. The summed E-state index contributed by atoms with van der Waals surface area (Å²) in [5.74, 6) is 0.981. The van der Waals surface area contributed by atoms with E-state index in [0.717, 1.165) is 35.7 Å². The molecular formula is C23H28N2O2. The minimum absolute atomic E-state index is 0.139. The number of hydrogen-bond acceptors (Lipinski definition) is 3. The van der Waals surface area contributed by atoms with Crippen molar-refractivity contribution < 1.29 is 9.53 Å². The molecule has 0 bridgehead atoms. The quantitative estimate of drug-likeness (QED) is 0.801. The second kappa shape index (κ2) is 8.03. The highest BCUT2D eigenvalue weighted by Gasteiger charge is 2.30. The van der Waals surface area contributed by atoms with E-state index in [2.05, 4.69) is 17.0 Å². The van der Waals surface area contributed by atoms with Crippen molar-refractivity contribution in [1.29, 1.82) is 0 Å². The fraction of sp³-hybridized carbons (Fsp3) is 0.435. The molecule has 4 nitrogen and oxygen atoms in total. The molecule has 142 valence electrons. The monoisotopic (exact) mass is 364 g/mol. The van der Waals surface area contributed by atoms with Gasteiger partial charge in [-0.2, -0.15) is 0 Å². The lowest BCUT2D eigenvalue weighted by molar-refractivity contribution is 0.0754. The van der Waals surface area contributed by atoms with E-state index in [0.29, 0.717) is 12.6 Å². The molecule has 1 heterocycles. The number of carbonyl (C=O) groups excluding carboxylic acids is 1. The Morgan fingerprint density at radius 3 is 2.44 bits per heavy atom. The van der Waals surface area contributed by atoms with Crippen molar-refractivity contribution in [3.63, 3.8) is 0 Å². The number of nitrogens with zero attached hydrogens (tertiary/aromatic N) is 2. The molecule has 0 radical (unpaired) electrons. The Morgan fingerprint density at radius 2 is 1.70 bits per heavy atom. The van der Waals surface area contributed by atoms with Crippen LogP contribution in [0.3, 0.4) is 0 Å². The van der Waals surface area contributed by atoms with Crippen LogP contribution in [0.25, 0.3) is 0 Å². The molecule has 2 aromatic rings. The van der Waals surface area contributed by atoms with Crippen molar-refractivity contribution in [2.24, 2.45) is 0 Å². The molecule has 0 saturated heterocycles. The minimum atomic E-state index is 0.139. The van der Waals surface area contributed by atoms with Gasteiger partial charge in [-0.3, -0.25) is 4.79 Å². The molecular weight excluding hydrogens is 336 g/mol. The normalized spacial score (nSPS) is 18.2. The van der Waals surface area contributed by atoms with E-state index in [9.17, 15) is 4.79 Å². The summed E-state index contributed by atoms with van der Waals surface area (Å²) in [5, 5.41) is 0. The van der Waals surface area contributed by atoms with E-state index in [1.54, 1.807) is 7.11 Å². The predicted octanol–water partition coefficient (Wildman–Crippen LogP) is 4.49. The number of amides is 1. The third kappa shape index (κ3) is 3.80. The van der Waals surface area contributed by atoms with Crippen LogP contribution in [0.5, 0.6) is 5.75 Å². The first-order valence-corrected chi connectivity index (χ1v) is 10.0. The van der Waals surface area contributed by atoms with Crippen LogP contribution in [0.2, 0.25) is 0 Å². The predicted molar refractivity (Wildman–Crippen MR) is 108 cm³/mol. The molecule has 0 unspecified atom stereocenters. The van der Waals surface area contributed by atoms with Crippen LogP contribution in [0.1, 0.15) is 48.0 Å². The summed E-state index contributed by atoms with van der Waals surface area (Å²) in [5.41, 5.74) is 3.09. The molecule has 1 amide bonds. The molecule has 0 spiro atoms. The second-order valence-corrected chi connectivity index (χ2v) is 7.58. The zero-order chi connectivity index (χ0) is 18.6. The molecule has 0 atom stereocenters. The molecule has 4 rings (SSSR count). The number of anilines is 1. The van der Waals surface area contributed by atoms with Crippen LogP contribution in [-0.4, -0.2) is 37.0 Å². The van der Waals surface area contributed by atoms with Gasteiger partial charge in [0.25, 0.3) is 5.91 Å². The van der Waals surface area contributed by atoms with Gasteiger partial charge in [-0.25, -0.2) is 0 Å². The summed E-state index contributed by atoms with van der Waals surface area (Å²) in [6, 6.07) is 16.7. The van der Waals surface area contributed by atoms with Crippen LogP contribution in [-0.2, 0) is 6.54 Å². The molecule has 1 aliphatic carbocycles. The molecule has 4 heteroatoms. The zero-order valence-electron chi connectivity index (χ0n) is 16.1. The SMILES string of the molecule is COc1ccc(CN2CCN(C3CCCCC3)c3ccccc3C2=O)cc1. The Morgan fingerprint density at radius 1 is 0.963 bits per heavy atom. The summed E-state index contributed by atoms with van der Waals surface area (Å²) in [6.07, 6.45) is 6.41. The van der Waals surface area contributed by atoms with Crippen molar-refractivity contribution in [1.82, 2.24) is 4.90 Å². The van der Waals surface area contributed by atoms with Gasteiger partial charge in [-0.1, -0.05) is 43.5 Å². The summed E-state index contributed by atoms with van der Waals surface area (Å²) in [6.45, 7) is 2.30. The van der Waals surface area contributed by atoms with Gasteiger partial charge in [-0.15, -0.1) is 0 Å². The van der Waals surface area contributed by atoms with Crippen LogP contribution in [0, 0.1) is 0 Å². The summed E-state index contributed by atoms with van der Waals surface area (Å²) in [7, 11) is 1.67. The molecule has 2 aromatic carbocycles. The van der Waals surface area contributed by atoms with Gasteiger partial charge in [0.1, 0.15) is 5.75 Å². The highest BCUT2D eigenvalue weighted by molar-refractivity contribution is 6.00. The molecule has 1 aliphatic heterocycles. The van der Waals surface area contributed by atoms with Gasteiger partial charge in [0, 0.05) is 31.4 Å². The first kappa shape index (κ1) is 17.9. The molecule has 27 heavy (non-hydrogen) atoms. The first-order valence-electron chi connectivity index (χ1n) is 10.0. The molecule has 1 fully saturated rings. The van der Waals surface area contributed by atoms with E-state index >= 15 is 0 Å². The smallest absolute Gasteiger partial charge is 0.256 e. The van der Waals surface area contributed by atoms with E-state index < -0.39 is 0 Å². The molecule has 1 saturated carbocycles. The average Bonchev–Trinajstić information content (AvgIpc) is 2.87. The number of benzene rings is 2. The third-order valence-corrected chi connectivity index (χ3v) is 5.89. The number of hydrogen-bond donors (Lipinski definition) is 0. The Labute approximate surface area is 161 Å². The van der Waals surface area contributed by atoms with Gasteiger partial charge in [0.2, 0.25) is 0 Å². The first-order chi connectivity index (χ1) is 13.3. The van der Waals surface area contributed by atoms with E-state index in [1.165, 1.54) is 32.1 Å². The topological polar surface area (TPSA) is 32.8 Å². The largest absolute Gasteiger partial charge is 0.497 e. The number of fused-ring (bicyclic) bond motifs is 1. The van der Waals surface area contributed by atoms with Crippen molar-refractivity contribution in [2.45, 2.75) is 44.7 Å². The fourth-order valence-corrected chi connectivity index (χ4v) is 4.40. The van der Waals surface area contributed by atoms with Crippen LogP contribution in [0.4, 0.5) is 5.69 Å². The summed E-state index contributed by atoms with van der Waals surface area (Å²) >= 11 is 0. The van der Waals surface area contributed by atoms with E-state index in [-0.39, 0.29) is 5.91 Å².